The number of anilines is 1. The first-order chi connectivity index (χ1) is 27.4. The Balaban J connectivity index is 1.42. The molecular formula is C40H50FN6O9P. The van der Waals surface area contributed by atoms with Crippen LogP contribution in [0, 0.1) is 18.4 Å². The first-order valence-corrected chi connectivity index (χ1v) is 20.6. The second-order valence-corrected chi connectivity index (χ2v) is 15.6. The van der Waals surface area contributed by atoms with Crippen molar-refractivity contribution in [3.8, 4) is 18.1 Å². The average Bonchev–Trinajstić information content (AvgIpc) is 3.77. The maximum absolute atomic E-state index is 14.9. The molecular weight excluding hydrogens is 758 g/mol. The summed E-state index contributed by atoms with van der Waals surface area (Å²) in [6.07, 6.45) is 9.58. The lowest BCUT2D eigenvalue weighted by molar-refractivity contribution is -0.149. The number of nitrogen functional groups attached to an aromatic ring is 1. The third-order valence-corrected chi connectivity index (χ3v) is 10.7. The van der Waals surface area contributed by atoms with Crippen LogP contribution in [0.5, 0.6) is 5.75 Å². The fraction of sp³-hybridized carbons (Fsp3) is 0.475. The monoisotopic (exact) mass is 808 g/mol. The molecule has 0 unspecified atom stereocenters. The van der Waals surface area contributed by atoms with E-state index in [1.54, 1.807) is 68.4 Å². The number of benzene rings is 2. The molecule has 2 aromatic heterocycles. The van der Waals surface area contributed by atoms with Crippen LogP contribution in [0.15, 0.2) is 67.0 Å². The molecule has 3 heterocycles. The smallest absolute Gasteiger partial charge is 0.462 e. The van der Waals surface area contributed by atoms with Crippen molar-refractivity contribution >= 4 is 36.9 Å². The summed E-state index contributed by atoms with van der Waals surface area (Å²) in [4.78, 5) is 38.2. The van der Waals surface area contributed by atoms with E-state index in [2.05, 4.69) is 32.9 Å². The van der Waals surface area contributed by atoms with Crippen LogP contribution < -0.4 is 15.3 Å². The maximum Gasteiger partial charge on any atom is 0.508 e. The van der Waals surface area contributed by atoms with E-state index >= 15 is 0 Å². The lowest BCUT2D eigenvalue weighted by Crippen LogP contribution is -2.46. The van der Waals surface area contributed by atoms with Gasteiger partial charge in [0.2, 0.25) is 0 Å². The number of ether oxygens (including phenoxy) is 4. The van der Waals surface area contributed by atoms with Crippen molar-refractivity contribution in [2.75, 3.05) is 18.9 Å². The molecule has 1 saturated heterocycles. The number of fused-ring (bicyclic) bond motifs is 1. The van der Waals surface area contributed by atoms with E-state index in [9.17, 15) is 18.5 Å². The van der Waals surface area contributed by atoms with Crippen LogP contribution in [-0.4, -0.2) is 68.7 Å². The third-order valence-electron chi connectivity index (χ3n) is 9.11. The molecule has 4 aromatic rings. The van der Waals surface area contributed by atoms with E-state index in [-0.39, 0.29) is 42.2 Å². The maximum atomic E-state index is 14.9. The van der Waals surface area contributed by atoms with Gasteiger partial charge >= 0.3 is 25.9 Å². The average molecular weight is 809 g/mol. The van der Waals surface area contributed by atoms with E-state index < -0.39 is 62.6 Å². The van der Waals surface area contributed by atoms with Crippen LogP contribution in [0.1, 0.15) is 83.9 Å². The number of nitrogens with one attached hydrogen (secondary N) is 1. The Labute approximate surface area is 331 Å². The van der Waals surface area contributed by atoms with Crippen molar-refractivity contribution in [2.24, 2.45) is 0 Å². The number of terminal acetylenes is 1. The largest absolute Gasteiger partial charge is 0.508 e. The first-order valence-electron chi connectivity index (χ1n) is 19.1. The minimum Gasteiger partial charge on any atom is -0.462 e. The number of carbonyl (C=O) groups is 2. The normalized spacial score (nSPS) is 19.4. The Morgan fingerprint density at radius 1 is 1.07 bits per heavy atom. The molecule has 3 N–H and O–H groups in total. The summed E-state index contributed by atoms with van der Waals surface area (Å²) >= 11 is 0. The number of nitrogens with zero attached hydrogens (tertiary/aromatic N) is 4. The Morgan fingerprint density at radius 2 is 1.75 bits per heavy atom. The molecule has 5 atom stereocenters. The van der Waals surface area contributed by atoms with Gasteiger partial charge in [0.05, 0.1) is 19.0 Å². The van der Waals surface area contributed by atoms with Crippen molar-refractivity contribution in [1.82, 2.24) is 24.6 Å². The summed E-state index contributed by atoms with van der Waals surface area (Å²) in [5.41, 5.74) is 4.79. The molecule has 0 spiro atoms. The van der Waals surface area contributed by atoms with Crippen LogP contribution in [0.25, 0.3) is 11.2 Å². The number of rotatable bonds is 21. The van der Waals surface area contributed by atoms with Gasteiger partial charge < -0.3 is 29.2 Å². The predicted octanol–water partition coefficient (Wildman–Crippen LogP) is 7.47. The molecule has 306 valence electrons. The molecule has 17 heteroatoms. The van der Waals surface area contributed by atoms with E-state index in [4.69, 9.17) is 40.2 Å². The van der Waals surface area contributed by atoms with Gasteiger partial charge in [-0.2, -0.15) is 19.4 Å². The van der Waals surface area contributed by atoms with Gasteiger partial charge in [0.15, 0.2) is 28.7 Å². The second kappa shape index (κ2) is 20.4. The van der Waals surface area contributed by atoms with Crippen LogP contribution in [0.3, 0.4) is 0 Å². The topological polar surface area (TPSA) is 188 Å². The highest BCUT2D eigenvalue weighted by molar-refractivity contribution is 7.52. The molecule has 1 aliphatic rings. The number of nitrogens with two attached hydrogens (primary N) is 1. The summed E-state index contributed by atoms with van der Waals surface area (Å²) in [5.74, 6) is 1.78. The highest BCUT2D eigenvalue weighted by atomic mass is 31.2. The number of carbonyl (C=O) groups excluding carboxylic acids is 2. The van der Waals surface area contributed by atoms with Crippen molar-refractivity contribution in [3.63, 3.8) is 0 Å². The summed E-state index contributed by atoms with van der Waals surface area (Å²) < 4.78 is 65.7. The number of halogens is 1. The van der Waals surface area contributed by atoms with Gasteiger partial charge in [0.25, 0.3) is 0 Å². The molecule has 0 bridgehead atoms. The fourth-order valence-electron chi connectivity index (χ4n) is 6.26. The highest BCUT2D eigenvalue weighted by Crippen LogP contribution is 2.49. The first kappa shape index (κ1) is 43.1. The van der Waals surface area contributed by atoms with Gasteiger partial charge in [-0.05, 0) is 44.4 Å². The Kier molecular flexibility index (Phi) is 15.4. The Hall–Kier alpha value is -5.07. The molecule has 0 amide bonds. The molecule has 15 nitrogen and oxygen atoms in total. The zero-order chi connectivity index (χ0) is 40.8. The van der Waals surface area contributed by atoms with Crippen LogP contribution >= 0.6 is 7.75 Å². The zero-order valence-corrected chi connectivity index (χ0v) is 33.3. The second-order valence-electron chi connectivity index (χ2n) is 13.9. The minimum atomic E-state index is -4.57. The summed E-state index contributed by atoms with van der Waals surface area (Å²) in [6, 6.07) is 16.0. The number of hydrogen-bond donors (Lipinski definition) is 2. The zero-order valence-electron chi connectivity index (χ0n) is 32.4. The van der Waals surface area contributed by atoms with Gasteiger partial charge in [-0.15, -0.1) is 6.42 Å². The highest BCUT2D eigenvalue weighted by Gasteiger charge is 2.53. The number of esters is 1. The fourth-order valence-corrected chi connectivity index (χ4v) is 7.78. The standard InChI is InChI=1S/C40H50FN6O9P/c1-5-7-8-9-10-11-18-23-51-39(49)54-32-25-33(47-27-43-34-35(42)44-38(41)45-36(34)47)55-40(32,6-2)26-52-57(50,56-30-21-16-13-17-22-30)46-31(37(48)53-28(3)4)24-29-19-14-12-15-20-29/h2,12-17,19-22,27-28,31-33H,5,7-11,18,23-26H2,1,3-4H3,(H,46,50)(H2,42,44,45)/t31-,32-,33+,40+,57-/m0/s1. The molecule has 57 heavy (non-hydrogen) atoms. The Bertz CT molecular complexity index is 2010. The van der Waals surface area contributed by atoms with Crippen LogP contribution in [-0.2, 0) is 39.3 Å². The van der Waals surface area contributed by atoms with Crippen molar-refractivity contribution in [2.45, 2.75) is 109 Å². The van der Waals surface area contributed by atoms with Crippen molar-refractivity contribution in [1.29, 1.82) is 0 Å². The molecule has 1 aliphatic heterocycles. The van der Waals surface area contributed by atoms with Crippen LogP contribution in [0.2, 0.25) is 0 Å². The van der Waals surface area contributed by atoms with E-state index in [1.807, 2.05) is 6.07 Å². The SMILES string of the molecule is C#C[C@]1(CO[P@@](=O)(N[C@@H](Cc2ccccc2)C(=O)OC(C)C)Oc2ccccc2)O[C@@H](n2cnc3c(N)nc(F)nc32)C[C@@H]1OC(=O)OCCCCCCCCC. The Morgan fingerprint density at radius 3 is 2.44 bits per heavy atom. The van der Waals surface area contributed by atoms with Gasteiger partial charge in [-0.1, -0.05) is 99.9 Å². The number of para-hydroxylation sites is 1. The van der Waals surface area contributed by atoms with Gasteiger partial charge in [0, 0.05) is 6.42 Å². The number of aromatic nitrogens is 4. The lowest BCUT2D eigenvalue weighted by atomic mass is 9.99. The quantitative estimate of drug-likeness (QED) is 0.0277. The number of imidazole rings is 1. The van der Waals surface area contributed by atoms with E-state index in [1.165, 1.54) is 17.3 Å². The van der Waals surface area contributed by atoms with Gasteiger partial charge in [-0.25, -0.2) is 14.3 Å². The summed E-state index contributed by atoms with van der Waals surface area (Å²) in [6.45, 7) is 4.96. The van der Waals surface area contributed by atoms with E-state index in [0.717, 1.165) is 37.7 Å². The number of unbranched alkanes of at least 4 members (excludes halogenated alkanes) is 6. The molecule has 0 radical (unpaired) electrons. The third kappa shape index (κ3) is 12.0. The van der Waals surface area contributed by atoms with E-state index in [0.29, 0.717) is 6.42 Å². The van der Waals surface area contributed by atoms with Gasteiger partial charge in [0.1, 0.15) is 24.6 Å². The predicted molar refractivity (Wildman–Crippen MR) is 209 cm³/mol. The minimum absolute atomic E-state index is 0.00818. The molecule has 2 aromatic carbocycles. The van der Waals surface area contributed by atoms with Crippen LogP contribution in [0.4, 0.5) is 15.0 Å². The van der Waals surface area contributed by atoms with Crippen molar-refractivity contribution in [3.05, 3.63) is 78.6 Å². The molecule has 0 aliphatic carbocycles. The van der Waals surface area contributed by atoms with Gasteiger partial charge in [-0.3, -0.25) is 13.9 Å². The summed E-state index contributed by atoms with van der Waals surface area (Å²) in [7, 11) is -4.57. The molecule has 0 saturated carbocycles. The molecule has 1 fully saturated rings. The molecule has 5 rings (SSSR count). The lowest BCUT2D eigenvalue weighted by Gasteiger charge is -2.31. The van der Waals surface area contributed by atoms with Crippen molar-refractivity contribution < 1.29 is 46.5 Å². The number of hydrogen-bond acceptors (Lipinski definition) is 13. The summed E-state index contributed by atoms with van der Waals surface area (Å²) in [5, 5.41) is 2.78.